The van der Waals surface area contributed by atoms with E-state index in [9.17, 15) is 0 Å². The van der Waals surface area contributed by atoms with Gasteiger partial charge in [0.1, 0.15) is 0 Å². The van der Waals surface area contributed by atoms with Gasteiger partial charge in [-0.15, -0.1) is 0 Å². The second-order valence-corrected chi connectivity index (χ2v) is 6.05. The molecular formula is C16H15N3S2. The van der Waals surface area contributed by atoms with Crippen LogP contribution in [-0.4, -0.2) is 9.49 Å². The lowest BCUT2D eigenvalue weighted by atomic mass is 10.1. The third-order valence-electron chi connectivity index (χ3n) is 3.26. The molecular weight excluding hydrogens is 298 g/mol. The first-order valence-electron chi connectivity index (χ1n) is 6.69. The molecule has 21 heavy (non-hydrogen) atoms. The summed E-state index contributed by atoms with van der Waals surface area (Å²) in [6.45, 7) is 2.09. The Balaban J connectivity index is 1.66. The van der Waals surface area contributed by atoms with Crippen molar-refractivity contribution in [2.75, 3.05) is 5.32 Å². The van der Waals surface area contributed by atoms with Crippen molar-refractivity contribution in [1.29, 1.82) is 0 Å². The number of aromatic nitrogens is 1. The lowest BCUT2D eigenvalue weighted by Gasteiger charge is -2.17. The molecule has 3 nitrogen and oxygen atoms in total. The van der Waals surface area contributed by atoms with E-state index in [2.05, 4.69) is 46.2 Å². The Morgan fingerprint density at radius 1 is 1.19 bits per heavy atom. The Bertz CT molecular complexity index is 752. The number of nitrogens with one attached hydrogen (secondary N) is 2. The second kappa shape index (κ2) is 6.20. The van der Waals surface area contributed by atoms with Crippen molar-refractivity contribution in [2.45, 2.75) is 13.0 Å². The van der Waals surface area contributed by atoms with Crippen LogP contribution in [-0.2, 0) is 0 Å². The Morgan fingerprint density at radius 3 is 2.81 bits per heavy atom. The number of benzene rings is 2. The highest BCUT2D eigenvalue weighted by atomic mass is 32.1. The van der Waals surface area contributed by atoms with Crippen LogP contribution in [0.4, 0.5) is 5.69 Å². The molecule has 0 aliphatic heterocycles. The normalized spacial score (nSPS) is 12.0. The Hall–Kier alpha value is -1.98. The molecule has 0 saturated carbocycles. The average Bonchev–Trinajstić information content (AvgIpc) is 2.95. The predicted octanol–water partition coefficient (Wildman–Crippen LogP) is 4.34. The van der Waals surface area contributed by atoms with Crippen LogP contribution in [0, 0.1) is 0 Å². The molecule has 0 fully saturated rings. The Labute approximate surface area is 133 Å². The minimum atomic E-state index is 0.165. The van der Waals surface area contributed by atoms with Crippen LogP contribution in [0.15, 0.2) is 54.7 Å². The fourth-order valence-electron chi connectivity index (χ4n) is 2.14. The molecule has 1 heterocycles. The lowest BCUT2D eigenvalue weighted by Crippen LogP contribution is -2.30. The first kappa shape index (κ1) is 14.0. The van der Waals surface area contributed by atoms with Crippen LogP contribution in [0.5, 0.6) is 0 Å². The van der Waals surface area contributed by atoms with Crippen LogP contribution in [0.3, 0.4) is 0 Å². The third-order valence-corrected chi connectivity index (χ3v) is 4.26. The van der Waals surface area contributed by atoms with E-state index in [0.717, 1.165) is 11.1 Å². The van der Waals surface area contributed by atoms with Crippen molar-refractivity contribution in [3.05, 3.63) is 60.3 Å². The SMILES string of the molecule is C[C@H](NC(=S)Nc1ccc2sncc2c1)c1ccccc1. The van der Waals surface area contributed by atoms with E-state index >= 15 is 0 Å². The highest BCUT2D eigenvalue weighted by molar-refractivity contribution is 7.80. The monoisotopic (exact) mass is 313 g/mol. The Kier molecular flexibility index (Phi) is 4.13. The fourth-order valence-corrected chi connectivity index (χ4v) is 3.06. The summed E-state index contributed by atoms with van der Waals surface area (Å²) in [7, 11) is 0. The van der Waals surface area contributed by atoms with Gasteiger partial charge >= 0.3 is 0 Å². The van der Waals surface area contributed by atoms with Crippen LogP contribution < -0.4 is 10.6 Å². The summed E-state index contributed by atoms with van der Waals surface area (Å²) in [5, 5.41) is 8.26. The van der Waals surface area contributed by atoms with Crippen LogP contribution in [0.2, 0.25) is 0 Å². The van der Waals surface area contributed by atoms with E-state index in [1.54, 1.807) is 0 Å². The molecule has 0 amide bonds. The highest BCUT2D eigenvalue weighted by Crippen LogP contribution is 2.22. The lowest BCUT2D eigenvalue weighted by molar-refractivity contribution is 0.723. The van der Waals surface area contributed by atoms with E-state index in [1.807, 2.05) is 30.5 Å². The van der Waals surface area contributed by atoms with Gasteiger partial charge in [0.15, 0.2) is 5.11 Å². The first-order chi connectivity index (χ1) is 10.2. The molecule has 3 aromatic rings. The molecule has 2 aromatic carbocycles. The van der Waals surface area contributed by atoms with E-state index in [0.29, 0.717) is 5.11 Å². The third kappa shape index (κ3) is 3.37. The van der Waals surface area contributed by atoms with E-state index in [1.165, 1.54) is 21.8 Å². The first-order valence-corrected chi connectivity index (χ1v) is 7.87. The number of hydrogen-bond donors (Lipinski definition) is 2. The molecule has 0 aliphatic carbocycles. The number of rotatable bonds is 3. The molecule has 106 valence electrons. The summed E-state index contributed by atoms with van der Waals surface area (Å²) < 4.78 is 5.35. The largest absolute Gasteiger partial charge is 0.356 e. The molecule has 3 rings (SSSR count). The second-order valence-electron chi connectivity index (χ2n) is 4.81. The molecule has 1 atom stereocenters. The molecule has 2 N–H and O–H groups in total. The van der Waals surface area contributed by atoms with Gasteiger partial charge in [0.25, 0.3) is 0 Å². The highest BCUT2D eigenvalue weighted by Gasteiger charge is 2.07. The summed E-state index contributed by atoms with van der Waals surface area (Å²) in [6, 6.07) is 16.5. The van der Waals surface area contributed by atoms with Gasteiger partial charge in [0.05, 0.1) is 10.7 Å². The molecule has 0 radical (unpaired) electrons. The van der Waals surface area contributed by atoms with Gasteiger partial charge in [-0.05, 0) is 54.4 Å². The fraction of sp³-hybridized carbons (Fsp3) is 0.125. The smallest absolute Gasteiger partial charge is 0.171 e. The van der Waals surface area contributed by atoms with Gasteiger partial charge < -0.3 is 10.6 Å². The van der Waals surface area contributed by atoms with E-state index < -0.39 is 0 Å². The van der Waals surface area contributed by atoms with Gasteiger partial charge in [-0.3, -0.25) is 0 Å². The van der Waals surface area contributed by atoms with Gasteiger partial charge in [-0.25, -0.2) is 0 Å². The summed E-state index contributed by atoms with van der Waals surface area (Å²) in [5.41, 5.74) is 2.18. The number of hydrogen-bond acceptors (Lipinski definition) is 3. The zero-order chi connectivity index (χ0) is 14.7. The minimum absolute atomic E-state index is 0.165. The average molecular weight is 313 g/mol. The number of thiocarbonyl (C=S) groups is 1. The van der Waals surface area contributed by atoms with Crippen molar-refractivity contribution in [2.24, 2.45) is 0 Å². The van der Waals surface area contributed by atoms with Gasteiger partial charge in [0.2, 0.25) is 0 Å². The zero-order valence-corrected chi connectivity index (χ0v) is 13.2. The summed E-state index contributed by atoms with van der Waals surface area (Å²) in [6.07, 6.45) is 1.87. The molecule has 0 spiro atoms. The molecule has 0 bridgehead atoms. The van der Waals surface area contributed by atoms with Crippen LogP contribution in [0.1, 0.15) is 18.5 Å². The standard InChI is InChI=1S/C16H15N3S2/c1-11(12-5-3-2-4-6-12)18-16(20)19-14-7-8-15-13(9-14)10-17-21-15/h2-11H,1H3,(H2,18,19,20)/t11-/m0/s1. The maximum Gasteiger partial charge on any atom is 0.171 e. The maximum absolute atomic E-state index is 5.38. The minimum Gasteiger partial charge on any atom is -0.356 e. The maximum atomic E-state index is 5.38. The summed E-state index contributed by atoms with van der Waals surface area (Å²) >= 11 is 6.88. The van der Waals surface area contributed by atoms with Crippen molar-refractivity contribution in [3.8, 4) is 0 Å². The van der Waals surface area contributed by atoms with Gasteiger partial charge in [0, 0.05) is 17.3 Å². The predicted molar refractivity (Wildman–Crippen MR) is 93.8 cm³/mol. The number of nitrogens with zero attached hydrogens (tertiary/aromatic N) is 1. The topological polar surface area (TPSA) is 37.0 Å². The van der Waals surface area contributed by atoms with E-state index in [4.69, 9.17) is 12.2 Å². The molecule has 0 aliphatic rings. The number of fused-ring (bicyclic) bond motifs is 1. The molecule has 5 heteroatoms. The molecule has 0 unspecified atom stereocenters. The number of anilines is 1. The molecule has 1 aromatic heterocycles. The van der Waals surface area contributed by atoms with Gasteiger partial charge in [-0.1, -0.05) is 30.3 Å². The van der Waals surface area contributed by atoms with Crippen molar-refractivity contribution in [1.82, 2.24) is 9.69 Å². The van der Waals surface area contributed by atoms with Gasteiger partial charge in [-0.2, -0.15) is 4.37 Å². The van der Waals surface area contributed by atoms with Crippen molar-refractivity contribution >= 4 is 44.6 Å². The quantitative estimate of drug-likeness (QED) is 0.705. The van der Waals surface area contributed by atoms with Crippen LogP contribution >= 0.6 is 23.8 Å². The summed E-state index contributed by atoms with van der Waals surface area (Å²) in [4.78, 5) is 0. The summed E-state index contributed by atoms with van der Waals surface area (Å²) in [5.74, 6) is 0. The van der Waals surface area contributed by atoms with E-state index in [-0.39, 0.29) is 6.04 Å². The zero-order valence-electron chi connectivity index (χ0n) is 11.5. The molecule has 0 saturated heterocycles. The van der Waals surface area contributed by atoms with Crippen molar-refractivity contribution in [3.63, 3.8) is 0 Å². The van der Waals surface area contributed by atoms with Crippen molar-refractivity contribution < 1.29 is 0 Å². The Morgan fingerprint density at radius 2 is 2.00 bits per heavy atom. The van der Waals surface area contributed by atoms with Crippen LogP contribution in [0.25, 0.3) is 10.1 Å².